The average molecular weight is 233 g/mol. The summed E-state index contributed by atoms with van der Waals surface area (Å²) in [5.74, 6) is 0. The van der Waals surface area contributed by atoms with E-state index in [1.54, 1.807) is 0 Å². The van der Waals surface area contributed by atoms with Crippen molar-refractivity contribution in [3.8, 4) is 0 Å². The molecule has 1 aliphatic heterocycles. The first kappa shape index (κ1) is 12.6. The van der Waals surface area contributed by atoms with Crippen molar-refractivity contribution >= 4 is 0 Å². The summed E-state index contributed by atoms with van der Waals surface area (Å²) in [4.78, 5) is 2.43. The Morgan fingerprint density at radius 3 is 2.59 bits per heavy atom. The second kappa shape index (κ2) is 5.19. The van der Waals surface area contributed by atoms with E-state index in [0.717, 1.165) is 19.5 Å². The number of aliphatic hydroxyl groups is 1. The van der Waals surface area contributed by atoms with Gasteiger partial charge >= 0.3 is 0 Å². The SMILES string of the molecule is CC(C)(O)C1CCCCN1Cc1ccccc1. The van der Waals surface area contributed by atoms with Crippen LogP contribution in [0.2, 0.25) is 0 Å². The van der Waals surface area contributed by atoms with Crippen LogP contribution >= 0.6 is 0 Å². The highest BCUT2D eigenvalue weighted by Gasteiger charge is 2.33. The zero-order valence-electron chi connectivity index (χ0n) is 10.9. The fraction of sp³-hybridized carbons (Fsp3) is 0.600. The third-order valence-corrected chi connectivity index (χ3v) is 3.66. The van der Waals surface area contributed by atoms with Crippen molar-refractivity contribution < 1.29 is 5.11 Å². The lowest BCUT2D eigenvalue weighted by atomic mass is 9.89. The second-order valence-electron chi connectivity index (χ2n) is 5.62. The maximum absolute atomic E-state index is 10.2. The van der Waals surface area contributed by atoms with E-state index in [0.29, 0.717) is 0 Å². The minimum Gasteiger partial charge on any atom is -0.389 e. The number of rotatable bonds is 3. The summed E-state index contributed by atoms with van der Waals surface area (Å²) in [6.07, 6.45) is 3.59. The van der Waals surface area contributed by atoms with Gasteiger partial charge < -0.3 is 5.11 Å². The molecule has 0 saturated carbocycles. The van der Waals surface area contributed by atoms with Crippen LogP contribution in [0.3, 0.4) is 0 Å². The van der Waals surface area contributed by atoms with Crippen molar-refractivity contribution in [2.45, 2.75) is 51.3 Å². The van der Waals surface area contributed by atoms with Crippen molar-refractivity contribution in [2.75, 3.05) is 6.54 Å². The molecule has 1 fully saturated rings. The van der Waals surface area contributed by atoms with Gasteiger partial charge in [0.25, 0.3) is 0 Å². The fourth-order valence-electron chi connectivity index (χ4n) is 2.80. The standard InChI is InChI=1S/C15H23NO/c1-15(2,17)14-10-6-7-11-16(14)12-13-8-4-3-5-9-13/h3-5,8-9,14,17H,6-7,10-12H2,1-2H3. The first-order valence-electron chi connectivity index (χ1n) is 6.58. The summed E-state index contributed by atoms with van der Waals surface area (Å²) < 4.78 is 0. The molecule has 1 aliphatic rings. The van der Waals surface area contributed by atoms with E-state index >= 15 is 0 Å². The predicted molar refractivity (Wildman–Crippen MR) is 70.8 cm³/mol. The van der Waals surface area contributed by atoms with E-state index in [1.165, 1.54) is 18.4 Å². The van der Waals surface area contributed by atoms with Crippen molar-refractivity contribution in [3.05, 3.63) is 35.9 Å². The molecule has 1 aromatic rings. The first-order valence-corrected chi connectivity index (χ1v) is 6.58. The molecular weight excluding hydrogens is 210 g/mol. The second-order valence-corrected chi connectivity index (χ2v) is 5.62. The van der Waals surface area contributed by atoms with Crippen LogP contribution < -0.4 is 0 Å². The van der Waals surface area contributed by atoms with Gasteiger partial charge in [-0.25, -0.2) is 0 Å². The molecule has 1 aromatic carbocycles. The van der Waals surface area contributed by atoms with E-state index in [9.17, 15) is 5.11 Å². The Morgan fingerprint density at radius 2 is 1.94 bits per heavy atom. The molecule has 1 heterocycles. The van der Waals surface area contributed by atoms with E-state index in [1.807, 2.05) is 19.9 Å². The van der Waals surface area contributed by atoms with Gasteiger partial charge in [-0.05, 0) is 38.8 Å². The normalized spacial score (nSPS) is 22.6. The smallest absolute Gasteiger partial charge is 0.0746 e. The van der Waals surface area contributed by atoms with E-state index in [4.69, 9.17) is 0 Å². The summed E-state index contributed by atoms with van der Waals surface area (Å²) >= 11 is 0. The first-order chi connectivity index (χ1) is 8.07. The Balaban J connectivity index is 2.07. The summed E-state index contributed by atoms with van der Waals surface area (Å²) in [6.45, 7) is 5.92. The lowest BCUT2D eigenvalue weighted by Crippen LogP contribution is -2.51. The van der Waals surface area contributed by atoms with Gasteiger partial charge in [0, 0.05) is 12.6 Å². The zero-order chi connectivity index (χ0) is 12.3. The Labute approximate surface area is 104 Å². The highest BCUT2D eigenvalue weighted by Crippen LogP contribution is 2.27. The molecule has 1 atom stereocenters. The monoisotopic (exact) mass is 233 g/mol. The number of nitrogens with zero attached hydrogens (tertiary/aromatic N) is 1. The highest BCUT2D eigenvalue weighted by atomic mass is 16.3. The highest BCUT2D eigenvalue weighted by molar-refractivity contribution is 5.15. The van der Waals surface area contributed by atoms with Crippen LogP contribution in [0, 0.1) is 0 Å². The van der Waals surface area contributed by atoms with Gasteiger partial charge in [-0.15, -0.1) is 0 Å². The van der Waals surface area contributed by atoms with Crippen molar-refractivity contribution in [2.24, 2.45) is 0 Å². The third kappa shape index (κ3) is 3.30. The summed E-state index contributed by atoms with van der Waals surface area (Å²) in [5.41, 5.74) is 0.735. The van der Waals surface area contributed by atoms with Crippen molar-refractivity contribution in [1.29, 1.82) is 0 Å². The number of hydrogen-bond donors (Lipinski definition) is 1. The number of likely N-dealkylation sites (tertiary alicyclic amines) is 1. The predicted octanol–water partition coefficient (Wildman–Crippen LogP) is 2.81. The number of hydrogen-bond acceptors (Lipinski definition) is 2. The van der Waals surface area contributed by atoms with Gasteiger partial charge in [0.2, 0.25) is 0 Å². The van der Waals surface area contributed by atoms with Crippen LogP contribution in [-0.4, -0.2) is 28.2 Å². The molecule has 0 bridgehead atoms. The zero-order valence-corrected chi connectivity index (χ0v) is 10.9. The molecule has 1 unspecified atom stereocenters. The minimum absolute atomic E-state index is 0.288. The van der Waals surface area contributed by atoms with Crippen LogP contribution in [0.5, 0.6) is 0 Å². The molecule has 1 N–H and O–H groups in total. The van der Waals surface area contributed by atoms with Gasteiger partial charge in [-0.1, -0.05) is 36.8 Å². The Hall–Kier alpha value is -0.860. The molecule has 0 radical (unpaired) electrons. The Morgan fingerprint density at radius 1 is 1.24 bits per heavy atom. The molecule has 0 amide bonds. The molecular formula is C15H23NO. The van der Waals surface area contributed by atoms with Gasteiger partial charge in [0.15, 0.2) is 0 Å². The molecule has 0 aromatic heterocycles. The Kier molecular flexibility index (Phi) is 3.85. The van der Waals surface area contributed by atoms with E-state index in [2.05, 4.69) is 29.2 Å². The topological polar surface area (TPSA) is 23.5 Å². The van der Waals surface area contributed by atoms with Gasteiger partial charge in [-0.3, -0.25) is 4.90 Å². The van der Waals surface area contributed by atoms with E-state index in [-0.39, 0.29) is 6.04 Å². The van der Waals surface area contributed by atoms with Gasteiger partial charge in [-0.2, -0.15) is 0 Å². The third-order valence-electron chi connectivity index (χ3n) is 3.66. The van der Waals surface area contributed by atoms with Gasteiger partial charge in [0.1, 0.15) is 0 Å². The summed E-state index contributed by atoms with van der Waals surface area (Å²) in [5, 5.41) is 10.2. The average Bonchev–Trinajstić information content (AvgIpc) is 2.30. The molecule has 2 nitrogen and oxygen atoms in total. The van der Waals surface area contributed by atoms with Crippen LogP contribution in [0.15, 0.2) is 30.3 Å². The largest absolute Gasteiger partial charge is 0.389 e. The maximum atomic E-state index is 10.2. The van der Waals surface area contributed by atoms with Crippen molar-refractivity contribution in [1.82, 2.24) is 4.90 Å². The van der Waals surface area contributed by atoms with Crippen LogP contribution in [0.1, 0.15) is 38.7 Å². The molecule has 0 aliphatic carbocycles. The minimum atomic E-state index is -0.602. The number of benzene rings is 1. The molecule has 0 spiro atoms. The summed E-state index contributed by atoms with van der Waals surface area (Å²) in [7, 11) is 0. The summed E-state index contributed by atoms with van der Waals surface area (Å²) in [6, 6.07) is 10.8. The van der Waals surface area contributed by atoms with Crippen LogP contribution in [-0.2, 0) is 6.54 Å². The van der Waals surface area contributed by atoms with Crippen LogP contribution in [0.25, 0.3) is 0 Å². The molecule has 1 saturated heterocycles. The Bertz CT molecular complexity index is 342. The maximum Gasteiger partial charge on any atom is 0.0746 e. The number of piperidine rings is 1. The lowest BCUT2D eigenvalue weighted by molar-refractivity contribution is -0.0397. The fourth-order valence-corrected chi connectivity index (χ4v) is 2.80. The van der Waals surface area contributed by atoms with E-state index < -0.39 is 5.60 Å². The van der Waals surface area contributed by atoms with Gasteiger partial charge in [0.05, 0.1) is 5.60 Å². The molecule has 2 rings (SSSR count). The molecule has 94 valence electrons. The quantitative estimate of drug-likeness (QED) is 0.867. The molecule has 17 heavy (non-hydrogen) atoms. The van der Waals surface area contributed by atoms with Crippen molar-refractivity contribution in [3.63, 3.8) is 0 Å². The van der Waals surface area contributed by atoms with Crippen LogP contribution in [0.4, 0.5) is 0 Å². The lowest BCUT2D eigenvalue weighted by Gasteiger charge is -2.42. The molecule has 2 heteroatoms.